The average Bonchev–Trinajstić information content (AvgIpc) is 2.31. The summed E-state index contributed by atoms with van der Waals surface area (Å²) >= 11 is 0. The first-order chi connectivity index (χ1) is 8.01. The molecule has 0 heterocycles. The highest BCUT2D eigenvalue weighted by molar-refractivity contribution is 5.77. The van der Waals surface area contributed by atoms with Crippen molar-refractivity contribution in [3.8, 4) is 0 Å². The standard InChI is InChI=1S/C11H20FN3O2/c1-8(13)15-7-9(12)5-4-6-10(14-2)11(16)17-3/h5,10,14H,4,6-7H2,1-3H3,(H2,13,15)/b9-5+. The van der Waals surface area contributed by atoms with Crippen molar-refractivity contribution >= 4 is 11.8 Å². The van der Waals surface area contributed by atoms with Crippen molar-refractivity contribution in [3.63, 3.8) is 0 Å². The lowest BCUT2D eigenvalue weighted by atomic mass is 10.1. The van der Waals surface area contributed by atoms with Crippen molar-refractivity contribution in [2.45, 2.75) is 25.8 Å². The molecular formula is C11H20FN3O2. The maximum atomic E-state index is 13.2. The minimum Gasteiger partial charge on any atom is -0.468 e. The van der Waals surface area contributed by atoms with Gasteiger partial charge in [-0.05, 0) is 26.8 Å². The lowest BCUT2D eigenvalue weighted by Crippen LogP contribution is -2.34. The maximum Gasteiger partial charge on any atom is 0.322 e. The highest BCUT2D eigenvalue weighted by atomic mass is 19.1. The largest absolute Gasteiger partial charge is 0.468 e. The summed E-state index contributed by atoms with van der Waals surface area (Å²) in [7, 11) is 2.98. The van der Waals surface area contributed by atoms with Crippen LogP contribution in [0.3, 0.4) is 0 Å². The molecule has 98 valence electrons. The molecule has 0 saturated carbocycles. The van der Waals surface area contributed by atoms with Gasteiger partial charge in [0.05, 0.1) is 19.5 Å². The van der Waals surface area contributed by atoms with Crippen molar-refractivity contribution in [1.29, 1.82) is 0 Å². The van der Waals surface area contributed by atoms with Gasteiger partial charge in [-0.3, -0.25) is 9.79 Å². The molecule has 1 unspecified atom stereocenters. The van der Waals surface area contributed by atoms with Crippen molar-refractivity contribution < 1.29 is 13.9 Å². The summed E-state index contributed by atoms with van der Waals surface area (Å²) in [6.45, 7) is 1.55. The molecule has 0 aliphatic heterocycles. The molecule has 0 amide bonds. The number of carbonyl (C=O) groups excluding carboxylic acids is 1. The number of nitrogens with one attached hydrogen (secondary N) is 1. The fourth-order valence-corrected chi connectivity index (χ4v) is 1.19. The van der Waals surface area contributed by atoms with Gasteiger partial charge in [-0.15, -0.1) is 0 Å². The normalized spacial score (nSPS) is 14.6. The number of amidine groups is 1. The minimum atomic E-state index is -0.413. The number of nitrogens with two attached hydrogens (primary N) is 1. The van der Waals surface area contributed by atoms with Crippen LogP contribution < -0.4 is 11.1 Å². The quantitative estimate of drug-likeness (QED) is 0.394. The molecule has 3 N–H and O–H groups in total. The van der Waals surface area contributed by atoms with E-state index in [1.54, 1.807) is 14.0 Å². The van der Waals surface area contributed by atoms with Crippen molar-refractivity contribution in [1.82, 2.24) is 5.32 Å². The summed E-state index contributed by atoms with van der Waals surface area (Å²) in [6, 6.07) is -0.413. The van der Waals surface area contributed by atoms with Crippen LogP contribution in [0.15, 0.2) is 16.9 Å². The number of ether oxygens (including phenoxy) is 1. The monoisotopic (exact) mass is 245 g/mol. The smallest absolute Gasteiger partial charge is 0.322 e. The number of aliphatic imine (C=N–C) groups is 1. The van der Waals surface area contributed by atoms with E-state index in [-0.39, 0.29) is 18.3 Å². The highest BCUT2D eigenvalue weighted by Crippen LogP contribution is 2.05. The maximum absolute atomic E-state index is 13.2. The van der Waals surface area contributed by atoms with Crippen LogP contribution in [0.4, 0.5) is 4.39 Å². The van der Waals surface area contributed by atoms with E-state index in [0.29, 0.717) is 18.7 Å². The molecule has 0 aliphatic rings. The molecule has 0 spiro atoms. The first-order valence-corrected chi connectivity index (χ1v) is 5.37. The number of carbonyl (C=O) groups is 1. The third kappa shape index (κ3) is 7.46. The molecule has 0 saturated heterocycles. The molecule has 0 aromatic carbocycles. The number of likely N-dealkylation sites (N-methyl/N-ethyl adjacent to an activating group) is 1. The molecule has 17 heavy (non-hydrogen) atoms. The Labute approximate surface area is 101 Å². The molecule has 0 aromatic heterocycles. The fraction of sp³-hybridized carbons (Fsp3) is 0.636. The van der Waals surface area contributed by atoms with Gasteiger partial charge >= 0.3 is 5.97 Å². The minimum absolute atomic E-state index is 0.0508. The van der Waals surface area contributed by atoms with Gasteiger partial charge in [0.1, 0.15) is 11.9 Å². The zero-order chi connectivity index (χ0) is 13.3. The summed E-state index contributed by atoms with van der Waals surface area (Å²) in [5.74, 6) is -0.358. The van der Waals surface area contributed by atoms with Crippen LogP contribution in [0, 0.1) is 0 Å². The molecular weight excluding hydrogens is 225 g/mol. The Kier molecular flexibility index (Phi) is 7.96. The second-order valence-electron chi connectivity index (χ2n) is 3.55. The van der Waals surface area contributed by atoms with Gasteiger partial charge in [0.2, 0.25) is 0 Å². The molecule has 0 bridgehead atoms. The Bertz CT molecular complexity index is 299. The van der Waals surface area contributed by atoms with Crippen molar-refractivity contribution in [3.05, 3.63) is 11.9 Å². The van der Waals surface area contributed by atoms with E-state index in [1.807, 2.05) is 0 Å². The van der Waals surface area contributed by atoms with Gasteiger partial charge in [0, 0.05) is 0 Å². The molecule has 0 rings (SSSR count). The lowest BCUT2D eigenvalue weighted by molar-refractivity contribution is -0.143. The molecule has 0 fully saturated rings. The van der Waals surface area contributed by atoms with Crippen LogP contribution in [0.5, 0.6) is 0 Å². The molecule has 6 heteroatoms. The van der Waals surface area contributed by atoms with Gasteiger partial charge < -0.3 is 15.8 Å². The van der Waals surface area contributed by atoms with E-state index in [4.69, 9.17) is 5.73 Å². The number of halogens is 1. The number of methoxy groups -OCH3 is 1. The van der Waals surface area contributed by atoms with Crippen molar-refractivity contribution in [2.75, 3.05) is 20.7 Å². The summed E-state index contributed by atoms with van der Waals surface area (Å²) < 4.78 is 17.7. The number of allylic oxidation sites excluding steroid dienone is 1. The topological polar surface area (TPSA) is 76.7 Å². The first kappa shape index (κ1) is 15.6. The summed E-state index contributed by atoms with van der Waals surface area (Å²) in [6.07, 6.45) is 2.31. The van der Waals surface area contributed by atoms with Gasteiger partial charge in [-0.25, -0.2) is 4.39 Å². The number of hydrogen-bond donors (Lipinski definition) is 2. The molecule has 0 aromatic rings. The summed E-state index contributed by atoms with van der Waals surface area (Å²) in [5, 5.41) is 2.80. The number of rotatable bonds is 7. The Morgan fingerprint density at radius 3 is 2.76 bits per heavy atom. The van der Waals surface area contributed by atoms with Crippen molar-refractivity contribution in [2.24, 2.45) is 10.7 Å². The summed E-state index contributed by atoms with van der Waals surface area (Å²) in [4.78, 5) is 14.9. The van der Waals surface area contributed by atoms with Crippen LogP contribution in [0.1, 0.15) is 19.8 Å². The van der Waals surface area contributed by atoms with E-state index >= 15 is 0 Å². The van der Waals surface area contributed by atoms with Crippen LogP contribution in [-0.2, 0) is 9.53 Å². The van der Waals surface area contributed by atoms with Crippen LogP contribution in [-0.4, -0.2) is 38.5 Å². The van der Waals surface area contributed by atoms with E-state index < -0.39 is 6.04 Å². The number of hydrogen-bond acceptors (Lipinski definition) is 4. The second kappa shape index (κ2) is 8.69. The highest BCUT2D eigenvalue weighted by Gasteiger charge is 2.15. The molecule has 1 atom stereocenters. The Morgan fingerprint density at radius 2 is 2.29 bits per heavy atom. The predicted molar refractivity (Wildman–Crippen MR) is 65.5 cm³/mol. The zero-order valence-corrected chi connectivity index (χ0v) is 10.5. The van der Waals surface area contributed by atoms with E-state index in [1.165, 1.54) is 13.2 Å². The number of nitrogens with zero attached hydrogens (tertiary/aromatic N) is 1. The van der Waals surface area contributed by atoms with E-state index in [0.717, 1.165) is 0 Å². The Morgan fingerprint density at radius 1 is 1.65 bits per heavy atom. The number of esters is 1. The van der Waals surface area contributed by atoms with Crippen LogP contribution >= 0.6 is 0 Å². The van der Waals surface area contributed by atoms with Gasteiger partial charge in [-0.1, -0.05) is 6.08 Å². The van der Waals surface area contributed by atoms with Crippen LogP contribution in [0.25, 0.3) is 0 Å². The van der Waals surface area contributed by atoms with Gasteiger partial charge in [0.25, 0.3) is 0 Å². The Hall–Kier alpha value is -1.43. The molecule has 0 aliphatic carbocycles. The van der Waals surface area contributed by atoms with Gasteiger partial charge in [-0.2, -0.15) is 0 Å². The molecule has 0 radical (unpaired) electrons. The average molecular weight is 245 g/mol. The predicted octanol–water partition coefficient (Wildman–Crippen LogP) is 0.758. The molecule has 5 nitrogen and oxygen atoms in total. The fourth-order valence-electron chi connectivity index (χ4n) is 1.19. The third-order valence-electron chi connectivity index (χ3n) is 2.13. The van der Waals surface area contributed by atoms with E-state index in [9.17, 15) is 9.18 Å². The van der Waals surface area contributed by atoms with Gasteiger partial charge in [0.15, 0.2) is 0 Å². The Balaban J connectivity index is 4.06. The second-order valence-corrected chi connectivity index (χ2v) is 3.55. The zero-order valence-electron chi connectivity index (χ0n) is 10.5. The van der Waals surface area contributed by atoms with Crippen LogP contribution in [0.2, 0.25) is 0 Å². The summed E-state index contributed by atoms with van der Waals surface area (Å²) in [5.41, 5.74) is 5.28. The first-order valence-electron chi connectivity index (χ1n) is 5.37. The SMILES string of the molecule is CNC(CC/C=C(/F)CN=C(C)N)C(=O)OC. The van der Waals surface area contributed by atoms with E-state index in [2.05, 4.69) is 15.0 Å². The lowest BCUT2D eigenvalue weighted by Gasteiger charge is -2.11. The third-order valence-corrected chi connectivity index (χ3v) is 2.13.